The number of carbonyl (C=O) groups is 1. The molecule has 1 heteroatoms. The van der Waals surface area contributed by atoms with Crippen molar-refractivity contribution < 1.29 is 4.79 Å². The Morgan fingerprint density at radius 3 is 2.44 bits per heavy atom. The molecule has 88 valence electrons. The van der Waals surface area contributed by atoms with E-state index in [1.54, 1.807) is 6.92 Å². The Labute approximate surface area is 98.9 Å². The van der Waals surface area contributed by atoms with E-state index >= 15 is 0 Å². The molecule has 0 unspecified atom stereocenters. The molecule has 0 N–H and O–H groups in total. The summed E-state index contributed by atoms with van der Waals surface area (Å²) in [6, 6.07) is 6.33. The highest BCUT2D eigenvalue weighted by Gasteiger charge is 2.29. The zero-order valence-electron chi connectivity index (χ0n) is 11.1. The number of rotatable bonds is 4. The van der Waals surface area contributed by atoms with Crippen molar-refractivity contribution in [2.75, 3.05) is 0 Å². The van der Waals surface area contributed by atoms with Crippen LogP contribution in [0.15, 0.2) is 18.2 Å². The van der Waals surface area contributed by atoms with Crippen molar-refractivity contribution in [2.45, 2.75) is 52.9 Å². The number of aryl methyl sites for hydroxylation is 2. The molecule has 16 heavy (non-hydrogen) atoms. The summed E-state index contributed by atoms with van der Waals surface area (Å²) in [5.41, 5.74) is 3.41. The lowest BCUT2D eigenvalue weighted by Crippen LogP contribution is -2.29. The zero-order chi connectivity index (χ0) is 12.3. The fraction of sp³-hybridized carbons (Fsp3) is 0.533. The number of carbonyl (C=O) groups excluding carboxylic acids is 1. The van der Waals surface area contributed by atoms with Crippen LogP contribution in [0.3, 0.4) is 0 Å². The Morgan fingerprint density at radius 2 is 1.94 bits per heavy atom. The highest BCUT2D eigenvalue weighted by Crippen LogP contribution is 2.31. The minimum Gasteiger partial charge on any atom is -0.299 e. The van der Waals surface area contributed by atoms with Gasteiger partial charge in [0.1, 0.15) is 5.78 Å². The summed E-state index contributed by atoms with van der Waals surface area (Å²) < 4.78 is 0. The van der Waals surface area contributed by atoms with Gasteiger partial charge >= 0.3 is 0 Å². The average molecular weight is 218 g/mol. The van der Waals surface area contributed by atoms with E-state index in [9.17, 15) is 4.79 Å². The topological polar surface area (TPSA) is 17.1 Å². The van der Waals surface area contributed by atoms with E-state index in [0.29, 0.717) is 0 Å². The summed E-state index contributed by atoms with van der Waals surface area (Å²) in [7, 11) is 0. The van der Waals surface area contributed by atoms with E-state index in [1.165, 1.54) is 16.7 Å². The van der Waals surface area contributed by atoms with Crippen LogP contribution in [0, 0.1) is 6.92 Å². The van der Waals surface area contributed by atoms with Gasteiger partial charge in [0.25, 0.3) is 0 Å². The normalized spacial score (nSPS) is 11.6. The van der Waals surface area contributed by atoms with Crippen LogP contribution in [0.4, 0.5) is 0 Å². The monoisotopic (exact) mass is 218 g/mol. The Bertz CT molecular complexity index is 388. The van der Waals surface area contributed by atoms with Gasteiger partial charge in [-0.25, -0.2) is 0 Å². The molecule has 0 atom stereocenters. The largest absolute Gasteiger partial charge is 0.299 e. The van der Waals surface area contributed by atoms with Crippen LogP contribution >= 0.6 is 0 Å². The predicted molar refractivity (Wildman–Crippen MR) is 68.9 cm³/mol. The van der Waals surface area contributed by atoms with Gasteiger partial charge in [0.2, 0.25) is 0 Å². The molecule has 0 aliphatic heterocycles. The van der Waals surface area contributed by atoms with Crippen LogP contribution in [-0.4, -0.2) is 5.78 Å². The van der Waals surface area contributed by atoms with Gasteiger partial charge in [-0.1, -0.05) is 31.5 Å². The fourth-order valence-corrected chi connectivity index (χ4v) is 2.28. The van der Waals surface area contributed by atoms with E-state index in [0.717, 1.165) is 12.8 Å². The summed E-state index contributed by atoms with van der Waals surface area (Å²) in [5.74, 6) is 0.235. The maximum Gasteiger partial charge on any atom is 0.139 e. The second kappa shape index (κ2) is 4.82. The molecule has 1 aromatic carbocycles. The van der Waals surface area contributed by atoms with Gasteiger partial charge in [0, 0.05) is 5.41 Å². The number of hydrogen-bond donors (Lipinski definition) is 0. The lowest BCUT2D eigenvalue weighted by atomic mass is 9.76. The van der Waals surface area contributed by atoms with Crippen molar-refractivity contribution in [3.05, 3.63) is 34.9 Å². The van der Waals surface area contributed by atoms with Crippen molar-refractivity contribution in [1.29, 1.82) is 0 Å². The van der Waals surface area contributed by atoms with Crippen molar-refractivity contribution in [3.8, 4) is 0 Å². The van der Waals surface area contributed by atoms with Gasteiger partial charge < -0.3 is 0 Å². The first kappa shape index (κ1) is 13.0. The van der Waals surface area contributed by atoms with E-state index in [-0.39, 0.29) is 11.2 Å². The highest BCUT2D eigenvalue weighted by molar-refractivity contribution is 5.88. The summed E-state index contributed by atoms with van der Waals surface area (Å²) in [6.07, 6.45) is 2.16. The summed E-state index contributed by atoms with van der Waals surface area (Å²) in [6.45, 7) is 10.0. The molecule has 1 nitrogen and oxygen atoms in total. The van der Waals surface area contributed by atoms with Gasteiger partial charge in [-0.3, -0.25) is 4.79 Å². The van der Waals surface area contributed by atoms with Gasteiger partial charge in [0.15, 0.2) is 0 Å². The number of ketones is 1. The highest BCUT2D eigenvalue weighted by atomic mass is 16.1. The van der Waals surface area contributed by atoms with E-state index in [2.05, 4.69) is 32.0 Å². The molecule has 0 aliphatic rings. The molecule has 0 spiro atoms. The Morgan fingerprint density at radius 1 is 1.31 bits per heavy atom. The van der Waals surface area contributed by atoms with Gasteiger partial charge in [0.05, 0.1) is 0 Å². The summed E-state index contributed by atoms with van der Waals surface area (Å²) >= 11 is 0. The molecule has 0 heterocycles. The SMILES string of the molecule is CCCc1cccc(C)c1C(C)(C)C(C)=O. The first-order chi connectivity index (χ1) is 7.41. The molecule has 0 bridgehead atoms. The maximum absolute atomic E-state index is 11.8. The summed E-state index contributed by atoms with van der Waals surface area (Å²) in [5, 5.41) is 0. The average Bonchev–Trinajstić information content (AvgIpc) is 2.17. The molecule has 0 saturated carbocycles. The van der Waals surface area contributed by atoms with E-state index < -0.39 is 0 Å². The van der Waals surface area contributed by atoms with Gasteiger partial charge in [-0.15, -0.1) is 0 Å². The molecule has 1 aromatic rings. The summed E-state index contributed by atoms with van der Waals surface area (Å²) in [4.78, 5) is 11.8. The zero-order valence-corrected chi connectivity index (χ0v) is 11.1. The van der Waals surface area contributed by atoms with Crippen LogP contribution < -0.4 is 0 Å². The number of hydrogen-bond acceptors (Lipinski definition) is 1. The third kappa shape index (κ3) is 2.34. The van der Waals surface area contributed by atoms with Crippen molar-refractivity contribution in [2.24, 2.45) is 0 Å². The lowest BCUT2D eigenvalue weighted by molar-refractivity contribution is -0.121. The Balaban J connectivity index is 3.35. The Kier molecular flexibility index (Phi) is 3.90. The predicted octanol–water partition coefficient (Wildman–Crippen LogP) is 3.81. The van der Waals surface area contributed by atoms with Crippen molar-refractivity contribution >= 4 is 5.78 Å². The third-order valence-corrected chi connectivity index (χ3v) is 3.38. The molecule has 0 radical (unpaired) electrons. The smallest absolute Gasteiger partial charge is 0.139 e. The second-order valence-electron chi connectivity index (χ2n) is 5.04. The van der Waals surface area contributed by atoms with E-state index in [1.807, 2.05) is 13.8 Å². The second-order valence-corrected chi connectivity index (χ2v) is 5.04. The van der Waals surface area contributed by atoms with Gasteiger partial charge in [-0.05, 0) is 50.8 Å². The minimum absolute atomic E-state index is 0.235. The molecular weight excluding hydrogens is 196 g/mol. The molecule has 0 fully saturated rings. The first-order valence-electron chi connectivity index (χ1n) is 6.01. The molecular formula is C15H22O. The van der Waals surface area contributed by atoms with Crippen LogP contribution in [0.2, 0.25) is 0 Å². The molecule has 0 aliphatic carbocycles. The molecule has 0 amide bonds. The number of Topliss-reactive ketones (excluding diaryl/α,β-unsaturated/α-hetero) is 1. The Hall–Kier alpha value is -1.11. The standard InChI is InChI=1S/C15H22O/c1-6-8-13-10-7-9-11(2)14(13)15(4,5)12(3)16/h7,9-10H,6,8H2,1-5H3. The van der Waals surface area contributed by atoms with E-state index in [4.69, 9.17) is 0 Å². The van der Waals surface area contributed by atoms with Crippen molar-refractivity contribution in [3.63, 3.8) is 0 Å². The van der Waals surface area contributed by atoms with Gasteiger partial charge in [-0.2, -0.15) is 0 Å². The first-order valence-corrected chi connectivity index (χ1v) is 6.01. The fourth-order valence-electron chi connectivity index (χ4n) is 2.28. The van der Waals surface area contributed by atoms with Crippen LogP contribution in [0.1, 0.15) is 50.8 Å². The third-order valence-electron chi connectivity index (χ3n) is 3.38. The quantitative estimate of drug-likeness (QED) is 0.751. The lowest BCUT2D eigenvalue weighted by Gasteiger charge is -2.27. The maximum atomic E-state index is 11.8. The van der Waals surface area contributed by atoms with Crippen molar-refractivity contribution in [1.82, 2.24) is 0 Å². The number of benzene rings is 1. The van der Waals surface area contributed by atoms with Crippen LogP contribution in [0.5, 0.6) is 0 Å². The molecule has 0 aromatic heterocycles. The minimum atomic E-state index is -0.365. The van der Waals surface area contributed by atoms with Crippen LogP contribution in [-0.2, 0) is 16.6 Å². The van der Waals surface area contributed by atoms with Crippen LogP contribution in [0.25, 0.3) is 0 Å². The molecule has 1 rings (SSSR count). The molecule has 0 saturated heterocycles.